The van der Waals surface area contributed by atoms with E-state index in [0.29, 0.717) is 19.1 Å². The van der Waals surface area contributed by atoms with Crippen molar-refractivity contribution in [1.29, 1.82) is 0 Å². The molecule has 1 aliphatic carbocycles. The normalized spacial score (nSPS) is 14.8. The number of carbonyl (C=O) groups excluding carboxylic acids is 1. The molecular formula is C14H21N3O. The summed E-state index contributed by atoms with van der Waals surface area (Å²) in [7, 11) is 0. The highest BCUT2D eigenvalue weighted by atomic mass is 16.2. The molecule has 1 fully saturated rings. The van der Waals surface area contributed by atoms with Crippen LogP contribution in [0.4, 0.5) is 5.69 Å². The van der Waals surface area contributed by atoms with E-state index in [9.17, 15) is 4.79 Å². The fourth-order valence-electron chi connectivity index (χ4n) is 2.08. The number of nitrogens with zero attached hydrogens (tertiary/aromatic N) is 1. The van der Waals surface area contributed by atoms with Crippen molar-refractivity contribution in [2.24, 2.45) is 5.73 Å². The number of hydrogen-bond donors (Lipinski definition) is 2. The predicted molar refractivity (Wildman–Crippen MR) is 73.5 cm³/mol. The Bertz CT molecular complexity index is 415. The number of para-hydroxylation sites is 1. The molecule has 1 saturated carbocycles. The molecule has 0 spiro atoms. The van der Waals surface area contributed by atoms with Gasteiger partial charge in [0.2, 0.25) is 5.91 Å². The number of anilines is 1. The van der Waals surface area contributed by atoms with Crippen molar-refractivity contribution in [3.63, 3.8) is 0 Å². The van der Waals surface area contributed by atoms with Crippen molar-refractivity contribution >= 4 is 11.6 Å². The van der Waals surface area contributed by atoms with E-state index in [0.717, 1.165) is 17.8 Å². The summed E-state index contributed by atoms with van der Waals surface area (Å²) in [6, 6.07) is 8.39. The topological polar surface area (TPSA) is 58.4 Å². The molecule has 0 unspecified atom stereocenters. The highest BCUT2D eigenvalue weighted by molar-refractivity contribution is 5.92. The highest BCUT2D eigenvalue weighted by Gasteiger charge is 2.29. The smallest absolute Gasteiger partial charge is 0.238 e. The molecule has 0 aromatic heterocycles. The summed E-state index contributed by atoms with van der Waals surface area (Å²) in [5.74, 6) is 0.0460. The second-order valence-corrected chi connectivity index (χ2v) is 4.85. The molecule has 4 nitrogen and oxygen atoms in total. The molecule has 1 amide bonds. The fraction of sp³-hybridized carbons (Fsp3) is 0.500. The zero-order valence-corrected chi connectivity index (χ0v) is 10.9. The third-order valence-corrected chi connectivity index (χ3v) is 3.25. The van der Waals surface area contributed by atoms with Crippen LogP contribution in [-0.2, 0) is 4.79 Å². The van der Waals surface area contributed by atoms with Gasteiger partial charge in [-0.2, -0.15) is 0 Å². The van der Waals surface area contributed by atoms with Crippen LogP contribution in [0.2, 0.25) is 0 Å². The number of aryl methyl sites for hydroxylation is 1. The Morgan fingerprint density at radius 3 is 2.78 bits per heavy atom. The van der Waals surface area contributed by atoms with E-state index in [1.807, 2.05) is 31.2 Å². The summed E-state index contributed by atoms with van der Waals surface area (Å²) < 4.78 is 0. The van der Waals surface area contributed by atoms with Gasteiger partial charge in [-0.15, -0.1) is 0 Å². The Kier molecular flexibility index (Phi) is 4.33. The zero-order valence-electron chi connectivity index (χ0n) is 10.9. The van der Waals surface area contributed by atoms with Gasteiger partial charge in [-0.1, -0.05) is 18.2 Å². The molecule has 0 heterocycles. The molecule has 98 valence electrons. The minimum atomic E-state index is 0.0460. The number of nitrogens with one attached hydrogen (secondary N) is 1. The Balaban J connectivity index is 1.89. The lowest BCUT2D eigenvalue weighted by molar-refractivity contribution is -0.117. The number of nitrogens with two attached hydrogens (primary N) is 1. The standard InChI is InChI=1S/C14H21N3O/c1-11-4-2-3-5-13(11)16-14(18)10-17(9-8-15)12-6-7-12/h2-5,12H,6-10,15H2,1H3,(H,16,18). The van der Waals surface area contributed by atoms with Gasteiger partial charge in [-0.3, -0.25) is 9.69 Å². The van der Waals surface area contributed by atoms with E-state index in [1.165, 1.54) is 12.8 Å². The number of amides is 1. The molecule has 1 aromatic carbocycles. The third-order valence-electron chi connectivity index (χ3n) is 3.25. The van der Waals surface area contributed by atoms with Gasteiger partial charge in [0, 0.05) is 24.8 Å². The minimum Gasteiger partial charge on any atom is -0.329 e. The Morgan fingerprint density at radius 1 is 1.44 bits per heavy atom. The van der Waals surface area contributed by atoms with Crippen LogP contribution in [0.1, 0.15) is 18.4 Å². The molecule has 0 atom stereocenters. The van der Waals surface area contributed by atoms with E-state index >= 15 is 0 Å². The van der Waals surface area contributed by atoms with Crippen molar-refractivity contribution in [3.8, 4) is 0 Å². The summed E-state index contributed by atoms with van der Waals surface area (Å²) in [5, 5.41) is 2.96. The highest BCUT2D eigenvalue weighted by Crippen LogP contribution is 2.26. The minimum absolute atomic E-state index is 0.0460. The van der Waals surface area contributed by atoms with Crippen molar-refractivity contribution < 1.29 is 4.79 Å². The van der Waals surface area contributed by atoms with E-state index in [-0.39, 0.29) is 5.91 Å². The van der Waals surface area contributed by atoms with Crippen LogP contribution in [0.5, 0.6) is 0 Å². The second-order valence-electron chi connectivity index (χ2n) is 4.85. The molecule has 18 heavy (non-hydrogen) atoms. The predicted octanol–water partition coefficient (Wildman–Crippen LogP) is 1.36. The first-order chi connectivity index (χ1) is 8.70. The van der Waals surface area contributed by atoms with Crippen molar-refractivity contribution in [1.82, 2.24) is 4.90 Å². The van der Waals surface area contributed by atoms with E-state index in [2.05, 4.69) is 10.2 Å². The summed E-state index contributed by atoms with van der Waals surface area (Å²) in [4.78, 5) is 14.2. The summed E-state index contributed by atoms with van der Waals surface area (Å²) in [6.45, 7) is 3.84. The number of carbonyl (C=O) groups is 1. The lowest BCUT2D eigenvalue weighted by Crippen LogP contribution is -2.38. The van der Waals surface area contributed by atoms with Crippen molar-refractivity contribution in [2.45, 2.75) is 25.8 Å². The van der Waals surface area contributed by atoms with Crippen LogP contribution in [0.25, 0.3) is 0 Å². The Labute approximate surface area is 108 Å². The number of benzene rings is 1. The zero-order chi connectivity index (χ0) is 13.0. The first-order valence-corrected chi connectivity index (χ1v) is 6.50. The van der Waals surface area contributed by atoms with Gasteiger partial charge in [0.1, 0.15) is 0 Å². The van der Waals surface area contributed by atoms with Crippen LogP contribution in [-0.4, -0.2) is 36.5 Å². The molecular weight excluding hydrogens is 226 g/mol. The van der Waals surface area contributed by atoms with E-state index < -0.39 is 0 Å². The van der Waals surface area contributed by atoms with Crippen LogP contribution in [0.15, 0.2) is 24.3 Å². The van der Waals surface area contributed by atoms with Crippen molar-refractivity contribution in [3.05, 3.63) is 29.8 Å². The van der Waals surface area contributed by atoms with Crippen LogP contribution < -0.4 is 11.1 Å². The van der Waals surface area contributed by atoms with E-state index in [4.69, 9.17) is 5.73 Å². The number of rotatable bonds is 6. The van der Waals surface area contributed by atoms with E-state index in [1.54, 1.807) is 0 Å². The first-order valence-electron chi connectivity index (χ1n) is 6.50. The van der Waals surface area contributed by atoms with Crippen molar-refractivity contribution in [2.75, 3.05) is 25.0 Å². The quantitative estimate of drug-likeness (QED) is 0.798. The number of hydrogen-bond acceptors (Lipinski definition) is 3. The maximum atomic E-state index is 12.0. The molecule has 0 aliphatic heterocycles. The third kappa shape index (κ3) is 3.55. The second kappa shape index (κ2) is 5.98. The average molecular weight is 247 g/mol. The van der Waals surface area contributed by atoms with Gasteiger partial charge in [-0.05, 0) is 31.4 Å². The molecule has 0 saturated heterocycles. The lowest BCUT2D eigenvalue weighted by atomic mass is 10.2. The van der Waals surface area contributed by atoms with Gasteiger partial charge >= 0.3 is 0 Å². The van der Waals surface area contributed by atoms with Gasteiger partial charge in [0.15, 0.2) is 0 Å². The maximum absolute atomic E-state index is 12.0. The molecule has 4 heteroatoms. The SMILES string of the molecule is Cc1ccccc1NC(=O)CN(CCN)C1CC1. The molecule has 0 radical (unpaired) electrons. The Morgan fingerprint density at radius 2 is 2.17 bits per heavy atom. The van der Waals surface area contributed by atoms with Gasteiger partial charge in [-0.25, -0.2) is 0 Å². The van der Waals surface area contributed by atoms with Crippen LogP contribution >= 0.6 is 0 Å². The molecule has 0 bridgehead atoms. The monoisotopic (exact) mass is 247 g/mol. The molecule has 3 N–H and O–H groups in total. The van der Waals surface area contributed by atoms with Gasteiger partial charge in [0.05, 0.1) is 6.54 Å². The van der Waals surface area contributed by atoms with Gasteiger partial charge in [0.25, 0.3) is 0 Å². The van der Waals surface area contributed by atoms with Crippen LogP contribution in [0, 0.1) is 6.92 Å². The lowest BCUT2D eigenvalue weighted by Gasteiger charge is -2.20. The summed E-state index contributed by atoms with van der Waals surface area (Å²) in [6.07, 6.45) is 2.38. The summed E-state index contributed by atoms with van der Waals surface area (Å²) in [5.41, 5.74) is 7.55. The first kappa shape index (κ1) is 13.1. The van der Waals surface area contributed by atoms with Gasteiger partial charge < -0.3 is 11.1 Å². The average Bonchev–Trinajstić information content (AvgIpc) is 3.16. The summed E-state index contributed by atoms with van der Waals surface area (Å²) >= 11 is 0. The molecule has 1 aromatic rings. The fourth-order valence-corrected chi connectivity index (χ4v) is 2.08. The maximum Gasteiger partial charge on any atom is 0.238 e. The molecule has 2 rings (SSSR count). The van der Waals surface area contributed by atoms with Crippen LogP contribution in [0.3, 0.4) is 0 Å². The molecule has 1 aliphatic rings. The largest absolute Gasteiger partial charge is 0.329 e. The Hall–Kier alpha value is -1.39.